The number of sulfonamides is 1. The van der Waals surface area contributed by atoms with Crippen molar-refractivity contribution in [1.29, 1.82) is 0 Å². The number of nitrogens with one attached hydrogen (secondary N) is 1. The summed E-state index contributed by atoms with van der Waals surface area (Å²) in [6.45, 7) is 5.16. The molecule has 0 radical (unpaired) electrons. The maximum Gasteiger partial charge on any atom is 0.276 e. The Balaban J connectivity index is 1.96. The SMILES string of the molecule is CCCN1CCC(=NNS(=O)(=O)c2ccc(Br)cc2)CC1. The minimum Gasteiger partial charge on any atom is -0.303 e. The Morgan fingerprint density at radius 2 is 1.86 bits per heavy atom. The number of hydrogen-bond acceptors (Lipinski definition) is 4. The standard InChI is InChI=1S/C14H20BrN3O2S/c1-2-9-18-10-7-13(8-11-18)16-17-21(19,20)14-5-3-12(15)4-6-14/h3-6,17H,2,7-11H2,1H3. The van der Waals surface area contributed by atoms with Gasteiger partial charge in [0.25, 0.3) is 10.0 Å². The molecule has 1 N–H and O–H groups in total. The predicted octanol–water partition coefficient (Wildman–Crippen LogP) is 2.59. The van der Waals surface area contributed by atoms with Crippen LogP contribution in [-0.4, -0.2) is 38.7 Å². The van der Waals surface area contributed by atoms with Crippen molar-refractivity contribution in [2.45, 2.75) is 31.1 Å². The first kappa shape index (κ1) is 16.5. The molecule has 1 fully saturated rings. The van der Waals surface area contributed by atoms with E-state index < -0.39 is 10.0 Å². The lowest BCUT2D eigenvalue weighted by atomic mass is 10.1. The van der Waals surface area contributed by atoms with Crippen molar-refractivity contribution in [2.24, 2.45) is 5.10 Å². The lowest BCUT2D eigenvalue weighted by Gasteiger charge is -2.26. The summed E-state index contributed by atoms with van der Waals surface area (Å²) in [6.07, 6.45) is 2.79. The van der Waals surface area contributed by atoms with E-state index in [1.807, 2.05) is 0 Å². The molecular formula is C14H20BrN3O2S. The van der Waals surface area contributed by atoms with E-state index in [9.17, 15) is 8.42 Å². The van der Waals surface area contributed by atoms with Crippen LogP contribution in [0.3, 0.4) is 0 Å². The summed E-state index contributed by atoms with van der Waals surface area (Å²) >= 11 is 3.28. The van der Waals surface area contributed by atoms with Crippen molar-refractivity contribution in [1.82, 2.24) is 9.73 Å². The Kier molecular flexibility index (Phi) is 5.78. The van der Waals surface area contributed by atoms with Gasteiger partial charge in [-0.15, -0.1) is 0 Å². The lowest BCUT2D eigenvalue weighted by molar-refractivity contribution is 0.275. The van der Waals surface area contributed by atoms with Crippen molar-refractivity contribution < 1.29 is 8.42 Å². The molecule has 7 heteroatoms. The summed E-state index contributed by atoms with van der Waals surface area (Å²) in [5.74, 6) is 0. The smallest absolute Gasteiger partial charge is 0.276 e. The fraction of sp³-hybridized carbons (Fsp3) is 0.500. The molecule has 0 amide bonds. The van der Waals surface area contributed by atoms with Gasteiger partial charge in [0.05, 0.1) is 4.90 Å². The van der Waals surface area contributed by atoms with Gasteiger partial charge in [0.2, 0.25) is 0 Å². The summed E-state index contributed by atoms with van der Waals surface area (Å²) in [7, 11) is -3.57. The third-order valence-electron chi connectivity index (χ3n) is 3.42. The third kappa shape index (κ3) is 4.79. The van der Waals surface area contributed by atoms with Gasteiger partial charge in [0, 0.05) is 36.1 Å². The van der Waals surface area contributed by atoms with Crippen LogP contribution >= 0.6 is 15.9 Å². The van der Waals surface area contributed by atoms with E-state index in [2.05, 4.69) is 37.7 Å². The van der Waals surface area contributed by atoms with Crippen LogP contribution in [0.5, 0.6) is 0 Å². The molecule has 2 rings (SSSR count). The number of rotatable bonds is 5. The summed E-state index contributed by atoms with van der Waals surface area (Å²) in [5.41, 5.74) is 0.919. The number of piperidine rings is 1. The van der Waals surface area contributed by atoms with Gasteiger partial charge < -0.3 is 4.90 Å². The minimum absolute atomic E-state index is 0.221. The highest BCUT2D eigenvalue weighted by molar-refractivity contribution is 9.10. The van der Waals surface area contributed by atoms with Crippen molar-refractivity contribution in [3.8, 4) is 0 Å². The molecule has 1 saturated heterocycles. The molecule has 116 valence electrons. The summed E-state index contributed by atoms with van der Waals surface area (Å²) in [6, 6.07) is 6.50. The Labute approximate surface area is 134 Å². The van der Waals surface area contributed by atoms with Gasteiger partial charge in [-0.05, 0) is 37.2 Å². The molecule has 0 spiro atoms. The van der Waals surface area contributed by atoms with E-state index in [0.29, 0.717) is 0 Å². The Bertz CT molecular complexity index is 589. The van der Waals surface area contributed by atoms with E-state index in [0.717, 1.165) is 49.1 Å². The molecule has 5 nitrogen and oxygen atoms in total. The fourth-order valence-electron chi connectivity index (χ4n) is 2.25. The predicted molar refractivity (Wildman–Crippen MR) is 87.9 cm³/mol. The van der Waals surface area contributed by atoms with Gasteiger partial charge in [-0.1, -0.05) is 22.9 Å². The zero-order valence-corrected chi connectivity index (χ0v) is 14.5. The van der Waals surface area contributed by atoms with E-state index in [-0.39, 0.29) is 4.90 Å². The number of nitrogens with zero attached hydrogens (tertiary/aromatic N) is 2. The van der Waals surface area contributed by atoms with Crippen LogP contribution in [0.4, 0.5) is 0 Å². The summed E-state index contributed by atoms with van der Waals surface area (Å²) < 4.78 is 25.1. The van der Waals surface area contributed by atoms with Crippen LogP contribution in [0.15, 0.2) is 38.7 Å². The normalized spacial score (nSPS) is 16.8. The molecule has 21 heavy (non-hydrogen) atoms. The highest BCUT2D eigenvalue weighted by Crippen LogP contribution is 2.15. The van der Waals surface area contributed by atoms with Crippen molar-refractivity contribution >= 4 is 31.7 Å². The second-order valence-corrected chi connectivity index (χ2v) is 7.64. The third-order valence-corrected chi connectivity index (χ3v) is 5.17. The summed E-state index contributed by atoms with van der Waals surface area (Å²) in [5, 5.41) is 4.09. The molecule has 1 aliphatic heterocycles. The van der Waals surface area contributed by atoms with Crippen LogP contribution in [0, 0.1) is 0 Å². The second-order valence-electron chi connectivity index (χ2n) is 5.07. The molecule has 0 unspecified atom stereocenters. The van der Waals surface area contributed by atoms with E-state index in [1.165, 1.54) is 0 Å². The highest BCUT2D eigenvalue weighted by Gasteiger charge is 2.16. The first-order chi connectivity index (χ1) is 10.0. The first-order valence-electron chi connectivity index (χ1n) is 7.06. The highest BCUT2D eigenvalue weighted by atomic mass is 79.9. The Hall–Kier alpha value is -0.920. The van der Waals surface area contributed by atoms with Gasteiger partial charge in [0.1, 0.15) is 0 Å². The van der Waals surface area contributed by atoms with Gasteiger partial charge in [-0.25, -0.2) is 4.83 Å². The second kappa shape index (κ2) is 7.38. The summed E-state index contributed by atoms with van der Waals surface area (Å²) in [4.78, 5) is 4.94. The quantitative estimate of drug-likeness (QED) is 0.806. The fourth-order valence-corrected chi connectivity index (χ4v) is 3.37. The molecule has 0 saturated carbocycles. The molecule has 1 aliphatic rings. The number of halogens is 1. The van der Waals surface area contributed by atoms with Crippen LogP contribution in [0.25, 0.3) is 0 Å². The van der Waals surface area contributed by atoms with E-state index in [1.54, 1.807) is 24.3 Å². The molecule has 0 atom stereocenters. The zero-order chi connectivity index (χ0) is 15.3. The van der Waals surface area contributed by atoms with Crippen LogP contribution in [0.2, 0.25) is 0 Å². The molecule has 1 heterocycles. The zero-order valence-electron chi connectivity index (χ0n) is 12.0. The van der Waals surface area contributed by atoms with Gasteiger partial charge >= 0.3 is 0 Å². The largest absolute Gasteiger partial charge is 0.303 e. The Morgan fingerprint density at radius 1 is 1.24 bits per heavy atom. The van der Waals surface area contributed by atoms with Crippen molar-refractivity contribution in [2.75, 3.05) is 19.6 Å². The van der Waals surface area contributed by atoms with E-state index in [4.69, 9.17) is 0 Å². The first-order valence-corrected chi connectivity index (χ1v) is 9.34. The van der Waals surface area contributed by atoms with Gasteiger partial charge in [-0.3, -0.25) is 0 Å². The monoisotopic (exact) mass is 373 g/mol. The van der Waals surface area contributed by atoms with Crippen molar-refractivity contribution in [3.63, 3.8) is 0 Å². The Morgan fingerprint density at radius 3 is 2.43 bits per heavy atom. The topological polar surface area (TPSA) is 61.8 Å². The van der Waals surface area contributed by atoms with Gasteiger partial charge in [-0.2, -0.15) is 13.5 Å². The number of likely N-dealkylation sites (tertiary alicyclic amines) is 1. The van der Waals surface area contributed by atoms with Crippen molar-refractivity contribution in [3.05, 3.63) is 28.7 Å². The van der Waals surface area contributed by atoms with Crippen LogP contribution < -0.4 is 4.83 Å². The minimum atomic E-state index is -3.57. The number of hydrogen-bond donors (Lipinski definition) is 1. The van der Waals surface area contributed by atoms with E-state index >= 15 is 0 Å². The lowest BCUT2D eigenvalue weighted by Crippen LogP contribution is -2.35. The van der Waals surface area contributed by atoms with Crippen LogP contribution in [0.1, 0.15) is 26.2 Å². The molecule has 0 aliphatic carbocycles. The average Bonchev–Trinajstić information content (AvgIpc) is 2.47. The average molecular weight is 374 g/mol. The van der Waals surface area contributed by atoms with Gasteiger partial charge in [0.15, 0.2) is 0 Å². The molecule has 0 aromatic heterocycles. The molecule has 1 aromatic rings. The number of benzene rings is 1. The molecule has 1 aromatic carbocycles. The number of hydrazone groups is 1. The maximum atomic E-state index is 12.1. The maximum absolute atomic E-state index is 12.1. The molecular weight excluding hydrogens is 354 g/mol. The van der Waals surface area contributed by atoms with Crippen LogP contribution in [-0.2, 0) is 10.0 Å². The molecule has 0 bridgehead atoms.